The normalized spacial score (nSPS) is 18.5. The standard InChI is InChI=1S/C14H20O/c1-11(10-15)9-12-5-7-14(8-6-12)13-3-2-4-13/h5-8,11,13,15H,2-4,9-10H2,1H3. The zero-order chi connectivity index (χ0) is 10.7. The molecular formula is C14H20O. The van der Waals surface area contributed by atoms with Crippen molar-refractivity contribution in [1.82, 2.24) is 0 Å². The van der Waals surface area contributed by atoms with Gasteiger partial charge in [-0.1, -0.05) is 37.6 Å². The predicted molar refractivity (Wildman–Crippen MR) is 63.0 cm³/mol. The molecule has 2 rings (SSSR count). The summed E-state index contributed by atoms with van der Waals surface area (Å²) in [5.41, 5.74) is 2.85. The minimum atomic E-state index is 0.282. The zero-order valence-corrected chi connectivity index (χ0v) is 9.45. The lowest BCUT2D eigenvalue weighted by Crippen LogP contribution is -2.09. The van der Waals surface area contributed by atoms with Gasteiger partial charge in [0.15, 0.2) is 0 Å². The third kappa shape index (κ3) is 2.60. The van der Waals surface area contributed by atoms with Crippen LogP contribution >= 0.6 is 0 Å². The minimum absolute atomic E-state index is 0.282. The molecule has 0 saturated heterocycles. The van der Waals surface area contributed by atoms with Gasteiger partial charge in [0.2, 0.25) is 0 Å². The van der Waals surface area contributed by atoms with Crippen LogP contribution in [0, 0.1) is 5.92 Å². The fourth-order valence-corrected chi connectivity index (χ4v) is 2.13. The van der Waals surface area contributed by atoms with Gasteiger partial charge in [0, 0.05) is 6.61 Å². The summed E-state index contributed by atoms with van der Waals surface area (Å²) in [6.45, 7) is 2.37. The summed E-state index contributed by atoms with van der Waals surface area (Å²) in [5.74, 6) is 1.20. The first kappa shape index (κ1) is 10.7. The van der Waals surface area contributed by atoms with Crippen LogP contribution in [0.25, 0.3) is 0 Å². The molecule has 0 heterocycles. The Morgan fingerprint density at radius 2 is 1.93 bits per heavy atom. The number of aliphatic hydroxyl groups excluding tert-OH is 1. The Balaban J connectivity index is 1.97. The van der Waals surface area contributed by atoms with Crippen LogP contribution in [0.2, 0.25) is 0 Å². The van der Waals surface area contributed by atoms with Gasteiger partial charge in [-0.05, 0) is 42.2 Å². The van der Waals surface area contributed by atoms with Crippen molar-refractivity contribution in [3.63, 3.8) is 0 Å². The van der Waals surface area contributed by atoms with Gasteiger partial charge in [-0.25, -0.2) is 0 Å². The van der Waals surface area contributed by atoms with E-state index in [4.69, 9.17) is 5.11 Å². The lowest BCUT2D eigenvalue weighted by molar-refractivity contribution is 0.237. The molecule has 0 aromatic heterocycles. The van der Waals surface area contributed by atoms with Crippen molar-refractivity contribution in [2.75, 3.05) is 6.61 Å². The monoisotopic (exact) mass is 204 g/mol. The van der Waals surface area contributed by atoms with Crippen LogP contribution in [0.3, 0.4) is 0 Å². The molecule has 15 heavy (non-hydrogen) atoms. The van der Waals surface area contributed by atoms with Crippen molar-refractivity contribution in [3.05, 3.63) is 35.4 Å². The van der Waals surface area contributed by atoms with Crippen LogP contribution in [0.1, 0.15) is 43.2 Å². The molecule has 1 fully saturated rings. The summed E-state index contributed by atoms with van der Waals surface area (Å²) in [5, 5.41) is 8.99. The number of benzene rings is 1. The smallest absolute Gasteiger partial charge is 0.0459 e. The molecule has 1 aliphatic carbocycles. The topological polar surface area (TPSA) is 20.2 Å². The third-order valence-electron chi connectivity index (χ3n) is 3.45. The maximum atomic E-state index is 8.99. The SMILES string of the molecule is CC(CO)Cc1ccc(C2CCC2)cc1. The van der Waals surface area contributed by atoms with E-state index in [0.29, 0.717) is 5.92 Å². The molecule has 1 aromatic carbocycles. The molecule has 82 valence electrons. The summed E-state index contributed by atoms with van der Waals surface area (Å²) in [6, 6.07) is 8.98. The Labute approximate surface area is 92.1 Å². The maximum absolute atomic E-state index is 8.99. The predicted octanol–water partition coefficient (Wildman–Crippen LogP) is 3.13. The van der Waals surface area contributed by atoms with Crippen molar-refractivity contribution >= 4 is 0 Å². The fraction of sp³-hybridized carbons (Fsp3) is 0.571. The van der Waals surface area contributed by atoms with Crippen LogP contribution in [-0.2, 0) is 6.42 Å². The number of aliphatic hydroxyl groups is 1. The number of hydrogen-bond donors (Lipinski definition) is 1. The Kier molecular flexibility index (Phi) is 3.42. The summed E-state index contributed by atoms with van der Waals surface area (Å²) >= 11 is 0. The Bertz CT molecular complexity index is 298. The molecule has 1 aliphatic rings. The van der Waals surface area contributed by atoms with E-state index in [-0.39, 0.29) is 6.61 Å². The molecule has 1 aromatic rings. The lowest BCUT2D eigenvalue weighted by atomic mass is 9.80. The fourth-order valence-electron chi connectivity index (χ4n) is 2.13. The highest BCUT2D eigenvalue weighted by Gasteiger charge is 2.18. The third-order valence-corrected chi connectivity index (χ3v) is 3.45. The lowest BCUT2D eigenvalue weighted by Gasteiger charge is -2.25. The molecule has 1 unspecified atom stereocenters. The van der Waals surface area contributed by atoms with Gasteiger partial charge in [0.1, 0.15) is 0 Å². The van der Waals surface area contributed by atoms with Gasteiger partial charge in [-0.2, -0.15) is 0 Å². The average molecular weight is 204 g/mol. The van der Waals surface area contributed by atoms with Gasteiger partial charge >= 0.3 is 0 Å². The molecule has 0 amide bonds. The van der Waals surface area contributed by atoms with E-state index in [1.54, 1.807) is 0 Å². The first-order chi connectivity index (χ1) is 7.29. The van der Waals surface area contributed by atoms with Crippen molar-refractivity contribution < 1.29 is 5.11 Å². The minimum Gasteiger partial charge on any atom is -0.396 e. The summed E-state index contributed by atoms with van der Waals surface area (Å²) in [7, 11) is 0. The van der Waals surface area contributed by atoms with E-state index >= 15 is 0 Å². The van der Waals surface area contributed by atoms with Gasteiger partial charge in [0.25, 0.3) is 0 Å². The van der Waals surface area contributed by atoms with Crippen LogP contribution in [0.5, 0.6) is 0 Å². The Morgan fingerprint density at radius 1 is 1.27 bits per heavy atom. The first-order valence-electron chi connectivity index (χ1n) is 5.99. The van der Waals surface area contributed by atoms with Crippen LogP contribution < -0.4 is 0 Å². The zero-order valence-electron chi connectivity index (χ0n) is 9.45. The van der Waals surface area contributed by atoms with E-state index in [1.165, 1.54) is 30.4 Å². The summed E-state index contributed by atoms with van der Waals surface area (Å²) in [6.07, 6.45) is 5.12. The highest BCUT2D eigenvalue weighted by Crippen LogP contribution is 2.36. The van der Waals surface area contributed by atoms with Crippen molar-refractivity contribution in [1.29, 1.82) is 0 Å². The molecule has 1 saturated carbocycles. The molecule has 1 N–H and O–H groups in total. The Hall–Kier alpha value is -0.820. The van der Waals surface area contributed by atoms with Gasteiger partial charge in [0.05, 0.1) is 0 Å². The molecule has 0 bridgehead atoms. The van der Waals surface area contributed by atoms with Crippen LogP contribution in [0.4, 0.5) is 0 Å². The summed E-state index contributed by atoms with van der Waals surface area (Å²) in [4.78, 5) is 0. The highest BCUT2D eigenvalue weighted by molar-refractivity contribution is 5.26. The largest absolute Gasteiger partial charge is 0.396 e. The van der Waals surface area contributed by atoms with Crippen LogP contribution in [0.15, 0.2) is 24.3 Å². The van der Waals surface area contributed by atoms with Gasteiger partial charge in [-0.3, -0.25) is 0 Å². The number of rotatable bonds is 4. The molecule has 0 radical (unpaired) electrons. The summed E-state index contributed by atoms with van der Waals surface area (Å²) < 4.78 is 0. The van der Waals surface area contributed by atoms with E-state index in [0.717, 1.165) is 12.3 Å². The Morgan fingerprint density at radius 3 is 2.40 bits per heavy atom. The van der Waals surface area contributed by atoms with Crippen molar-refractivity contribution in [2.24, 2.45) is 5.92 Å². The van der Waals surface area contributed by atoms with E-state index in [9.17, 15) is 0 Å². The van der Waals surface area contributed by atoms with E-state index in [2.05, 4.69) is 31.2 Å². The second kappa shape index (κ2) is 4.80. The van der Waals surface area contributed by atoms with Crippen molar-refractivity contribution in [2.45, 2.75) is 38.5 Å². The van der Waals surface area contributed by atoms with E-state index in [1.807, 2.05) is 0 Å². The van der Waals surface area contributed by atoms with Gasteiger partial charge < -0.3 is 5.11 Å². The second-order valence-corrected chi connectivity index (χ2v) is 4.86. The highest BCUT2D eigenvalue weighted by atomic mass is 16.3. The second-order valence-electron chi connectivity index (χ2n) is 4.86. The molecule has 1 atom stereocenters. The molecule has 1 nitrogen and oxygen atoms in total. The molecular weight excluding hydrogens is 184 g/mol. The van der Waals surface area contributed by atoms with Gasteiger partial charge in [-0.15, -0.1) is 0 Å². The number of hydrogen-bond acceptors (Lipinski definition) is 1. The molecule has 1 heteroatoms. The maximum Gasteiger partial charge on any atom is 0.0459 e. The first-order valence-corrected chi connectivity index (χ1v) is 5.99. The van der Waals surface area contributed by atoms with Crippen LogP contribution in [-0.4, -0.2) is 11.7 Å². The average Bonchev–Trinajstić information content (AvgIpc) is 2.18. The molecule has 0 spiro atoms. The van der Waals surface area contributed by atoms with E-state index < -0.39 is 0 Å². The van der Waals surface area contributed by atoms with Crippen molar-refractivity contribution in [3.8, 4) is 0 Å². The molecule has 0 aliphatic heterocycles. The quantitative estimate of drug-likeness (QED) is 0.799.